The fraction of sp³-hybridized carbons (Fsp3) is 0.542. The van der Waals surface area contributed by atoms with Crippen molar-refractivity contribution in [1.82, 2.24) is 16.0 Å². The molecule has 0 saturated heterocycles. The summed E-state index contributed by atoms with van der Waals surface area (Å²) in [5, 5.41) is 19.4. The zero-order valence-electron chi connectivity index (χ0n) is 20.8. The van der Waals surface area contributed by atoms with Gasteiger partial charge in [-0.25, -0.2) is 0 Å². The fourth-order valence-corrected chi connectivity index (χ4v) is 2.95. The number of rotatable bonds is 14. The van der Waals surface area contributed by atoms with Crippen LogP contribution in [0.25, 0.3) is 0 Å². The minimum atomic E-state index is -1.02. The topological polar surface area (TPSA) is 163 Å². The second-order valence-electron chi connectivity index (χ2n) is 8.73. The minimum Gasteiger partial charge on any atom is -0.481 e. The maximum Gasteiger partial charge on any atom is 0.308 e. The molecule has 1 rings (SSSR count). The molecule has 5 N–H and O–H groups in total. The highest BCUT2D eigenvalue weighted by molar-refractivity contribution is 5.96. The number of likely N-dealkylation sites (N-methyl/N-ethyl adjacent to an activating group) is 1. The van der Waals surface area contributed by atoms with E-state index in [1.807, 2.05) is 0 Å². The largest absolute Gasteiger partial charge is 0.481 e. The molecule has 35 heavy (non-hydrogen) atoms. The Morgan fingerprint density at radius 1 is 0.971 bits per heavy atom. The summed E-state index contributed by atoms with van der Waals surface area (Å²) in [5.41, 5.74) is 1.27. The number of carboxylic acid groups (broad SMARTS) is 1. The van der Waals surface area contributed by atoms with Gasteiger partial charge in [0.2, 0.25) is 17.7 Å². The molecule has 0 aliphatic heterocycles. The van der Waals surface area contributed by atoms with Crippen LogP contribution in [0.1, 0.15) is 46.1 Å². The fourth-order valence-electron chi connectivity index (χ4n) is 2.95. The number of esters is 1. The first-order valence-electron chi connectivity index (χ1n) is 11.5. The zero-order chi connectivity index (χ0) is 26.5. The lowest BCUT2D eigenvalue weighted by molar-refractivity contribution is -0.148. The third kappa shape index (κ3) is 11.0. The van der Waals surface area contributed by atoms with Gasteiger partial charge in [0.25, 0.3) is 0 Å². The van der Waals surface area contributed by atoms with Gasteiger partial charge in [-0.2, -0.15) is 0 Å². The third-order valence-corrected chi connectivity index (χ3v) is 5.07. The highest BCUT2D eigenvalue weighted by Crippen LogP contribution is 2.11. The van der Waals surface area contributed by atoms with Crippen molar-refractivity contribution in [3.05, 3.63) is 29.8 Å². The van der Waals surface area contributed by atoms with Gasteiger partial charge in [-0.15, -0.1) is 0 Å². The smallest absolute Gasteiger partial charge is 0.308 e. The molecule has 0 aromatic heterocycles. The summed E-state index contributed by atoms with van der Waals surface area (Å²) in [7, 11) is 1.53. The van der Waals surface area contributed by atoms with E-state index in [1.165, 1.54) is 7.05 Å². The number of carbonyl (C=O) groups is 5. The van der Waals surface area contributed by atoms with E-state index in [0.29, 0.717) is 5.69 Å². The summed E-state index contributed by atoms with van der Waals surface area (Å²) in [4.78, 5) is 59.7. The Morgan fingerprint density at radius 2 is 1.60 bits per heavy atom. The SMILES string of the molecule is CNC(CCC(=O)O)C(=O)NC(C(=O)NCC(=O)Nc1ccc(COC(=O)C(C)C)cc1)C(C)C. The summed E-state index contributed by atoms with van der Waals surface area (Å²) in [6, 6.07) is 5.09. The molecular weight excluding hydrogens is 456 g/mol. The molecule has 1 aromatic carbocycles. The third-order valence-electron chi connectivity index (χ3n) is 5.07. The van der Waals surface area contributed by atoms with E-state index in [-0.39, 0.29) is 43.8 Å². The number of benzene rings is 1. The van der Waals surface area contributed by atoms with Crippen LogP contribution in [0.15, 0.2) is 24.3 Å². The molecule has 11 nitrogen and oxygen atoms in total. The average Bonchev–Trinajstić information content (AvgIpc) is 2.80. The summed E-state index contributed by atoms with van der Waals surface area (Å²) in [5.74, 6) is -3.28. The number of carboxylic acids is 1. The Morgan fingerprint density at radius 3 is 2.11 bits per heavy atom. The lowest BCUT2D eigenvalue weighted by atomic mass is 10.0. The van der Waals surface area contributed by atoms with Crippen molar-refractivity contribution in [3.63, 3.8) is 0 Å². The number of amides is 3. The number of ether oxygens (including phenoxy) is 1. The van der Waals surface area contributed by atoms with Crippen LogP contribution in [0, 0.1) is 11.8 Å². The van der Waals surface area contributed by atoms with Crippen molar-refractivity contribution in [2.24, 2.45) is 11.8 Å². The highest BCUT2D eigenvalue weighted by atomic mass is 16.5. The maximum absolute atomic E-state index is 12.6. The Bertz CT molecular complexity index is 884. The van der Waals surface area contributed by atoms with Gasteiger partial charge in [-0.05, 0) is 37.1 Å². The van der Waals surface area contributed by atoms with Crippen LogP contribution in [0.4, 0.5) is 5.69 Å². The standard InChI is InChI=1S/C24H36N4O7/c1-14(2)21(28-22(32)18(25-5)10-11-20(30)31)23(33)26-12-19(29)27-17-8-6-16(7-9-17)13-35-24(34)15(3)4/h6-9,14-15,18,21,25H,10-13H2,1-5H3,(H,26,33)(H,27,29)(H,28,32)(H,30,31). The summed E-state index contributed by atoms with van der Waals surface area (Å²) in [6.45, 7) is 6.82. The van der Waals surface area contributed by atoms with E-state index in [4.69, 9.17) is 9.84 Å². The quantitative estimate of drug-likeness (QED) is 0.241. The molecule has 0 radical (unpaired) electrons. The summed E-state index contributed by atoms with van der Waals surface area (Å²) in [6.07, 6.45) is -0.118. The van der Waals surface area contributed by atoms with Crippen LogP contribution in [0.2, 0.25) is 0 Å². The summed E-state index contributed by atoms with van der Waals surface area (Å²) >= 11 is 0. The number of anilines is 1. The van der Waals surface area contributed by atoms with Crippen molar-refractivity contribution < 1.29 is 33.8 Å². The minimum absolute atomic E-state index is 0.0749. The Hall–Kier alpha value is -3.47. The molecule has 0 fully saturated rings. The molecule has 0 heterocycles. The second-order valence-corrected chi connectivity index (χ2v) is 8.73. The number of nitrogens with one attached hydrogen (secondary N) is 4. The first kappa shape index (κ1) is 29.6. The molecule has 0 bridgehead atoms. The zero-order valence-corrected chi connectivity index (χ0v) is 20.8. The predicted molar refractivity (Wildman–Crippen MR) is 129 cm³/mol. The second kappa shape index (κ2) is 14.7. The van der Waals surface area contributed by atoms with E-state index in [2.05, 4.69) is 21.3 Å². The Labute approximate surface area is 205 Å². The molecule has 1 aromatic rings. The van der Waals surface area contributed by atoms with E-state index in [0.717, 1.165) is 5.56 Å². The number of carbonyl (C=O) groups excluding carboxylic acids is 4. The van der Waals surface area contributed by atoms with Crippen molar-refractivity contribution in [1.29, 1.82) is 0 Å². The molecule has 0 aliphatic rings. The van der Waals surface area contributed by atoms with E-state index in [1.54, 1.807) is 52.0 Å². The highest BCUT2D eigenvalue weighted by Gasteiger charge is 2.27. The van der Waals surface area contributed by atoms with Gasteiger partial charge < -0.3 is 31.1 Å². The van der Waals surface area contributed by atoms with Crippen molar-refractivity contribution in [2.45, 2.75) is 59.2 Å². The molecule has 2 unspecified atom stereocenters. The summed E-state index contributed by atoms with van der Waals surface area (Å²) < 4.78 is 5.16. The first-order chi connectivity index (χ1) is 16.4. The van der Waals surface area contributed by atoms with Crippen LogP contribution < -0.4 is 21.3 Å². The maximum atomic E-state index is 12.6. The molecular formula is C24H36N4O7. The molecule has 11 heteroatoms. The van der Waals surface area contributed by atoms with Crippen molar-refractivity contribution >= 4 is 35.3 Å². The van der Waals surface area contributed by atoms with Crippen LogP contribution in [-0.2, 0) is 35.3 Å². The Kier molecular flexibility index (Phi) is 12.4. The van der Waals surface area contributed by atoms with Gasteiger partial charge in [-0.1, -0.05) is 39.8 Å². The molecule has 3 amide bonds. The monoisotopic (exact) mass is 492 g/mol. The van der Waals surface area contributed by atoms with Crippen LogP contribution in [0.5, 0.6) is 0 Å². The lowest BCUT2D eigenvalue weighted by Gasteiger charge is -2.24. The van der Waals surface area contributed by atoms with Gasteiger partial charge in [0.05, 0.1) is 18.5 Å². The predicted octanol–water partition coefficient (Wildman–Crippen LogP) is 1.03. The van der Waals surface area contributed by atoms with E-state index < -0.39 is 35.8 Å². The Balaban J connectivity index is 2.58. The van der Waals surface area contributed by atoms with Crippen LogP contribution in [0.3, 0.4) is 0 Å². The van der Waals surface area contributed by atoms with Gasteiger partial charge in [0.1, 0.15) is 12.6 Å². The number of aliphatic carboxylic acids is 1. The van der Waals surface area contributed by atoms with Gasteiger partial charge >= 0.3 is 11.9 Å². The van der Waals surface area contributed by atoms with Crippen LogP contribution in [-0.4, -0.2) is 60.4 Å². The average molecular weight is 493 g/mol. The van der Waals surface area contributed by atoms with Gasteiger partial charge in [0, 0.05) is 12.1 Å². The molecule has 0 saturated carbocycles. The van der Waals surface area contributed by atoms with Gasteiger partial charge in [0.15, 0.2) is 0 Å². The molecule has 194 valence electrons. The van der Waals surface area contributed by atoms with E-state index >= 15 is 0 Å². The van der Waals surface area contributed by atoms with E-state index in [9.17, 15) is 24.0 Å². The normalized spacial score (nSPS) is 12.5. The number of hydrogen-bond acceptors (Lipinski definition) is 7. The van der Waals surface area contributed by atoms with Crippen molar-refractivity contribution in [3.8, 4) is 0 Å². The first-order valence-corrected chi connectivity index (χ1v) is 11.5. The van der Waals surface area contributed by atoms with Crippen LogP contribution >= 0.6 is 0 Å². The van der Waals surface area contributed by atoms with Crippen molar-refractivity contribution in [2.75, 3.05) is 18.9 Å². The van der Waals surface area contributed by atoms with Gasteiger partial charge in [-0.3, -0.25) is 24.0 Å². The lowest BCUT2D eigenvalue weighted by Crippen LogP contribution is -2.55. The molecule has 2 atom stereocenters. The molecule has 0 aliphatic carbocycles. The molecule has 0 spiro atoms. The number of hydrogen-bond donors (Lipinski definition) is 5.